The lowest BCUT2D eigenvalue weighted by Gasteiger charge is -2.15. The Morgan fingerprint density at radius 3 is 2.61 bits per heavy atom. The highest BCUT2D eigenvalue weighted by Gasteiger charge is 2.17. The summed E-state index contributed by atoms with van der Waals surface area (Å²) in [4.78, 5) is 19.7. The number of carboxylic acids is 1. The molecule has 2 N–H and O–H groups in total. The van der Waals surface area contributed by atoms with Crippen molar-refractivity contribution in [3.8, 4) is 0 Å². The molecule has 1 unspecified atom stereocenters. The molecule has 1 aromatic heterocycles. The van der Waals surface area contributed by atoms with Crippen LogP contribution in [0.1, 0.15) is 50.9 Å². The molecule has 1 atom stereocenters. The van der Waals surface area contributed by atoms with E-state index >= 15 is 0 Å². The number of carboxylic acid groups (broad SMARTS) is 1. The van der Waals surface area contributed by atoms with Crippen LogP contribution in [0.2, 0.25) is 0 Å². The molecule has 0 radical (unpaired) electrons. The molecular weight excluding hydrogens is 230 g/mol. The van der Waals surface area contributed by atoms with Crippen LogP contribution in [0, 0.1) is 6.92 Å². The molecule has 0 aliphatic heterocycles. The van der Waals surface area contributed by atoms with Gasteiger partial charge in [-0.15, -0.1) is 0 Å². The van der Waals surface area contributed by atoms with Crippen molar-refractivity contribution >= 4 is 11.9 Å². The third kappa shape index (κ3) is 3.98. The van der Waals surface area contributed by atoms with Gasteiger partial charge in [-0.05, 0) is 25.3 Å². The van der Waals surface area contributed by atoms with Crippen LogP contribution in [-0.2, 0) is 4.79 Å². The minimum atomic E-state index is -0.868. The summed E-state index contributed by atoms with van der Waals surface area (Å²) in [6.07, 6.45) is 1.36. The molecule has 1 heterocycles. The quantitative estimate of drug-likeness (QED) is 0.812. The van der Waals surface area contributed by atoms with E-state index in [9.17, 15) is 4.79 Å². The predicted octanol–water partition coefficient (Wildman–Crippen LogP) is 2.57. The van der Waals surface area contributed by atoms with Crippen LogP contribution in [0.15, 0.2) is 6.07 Å². The summed E-state index contributed by atoms with van der Waals surface area (Å²) in [6, 6.07) is 1.29. The van der Waals surface area contributed by atoms with Gasteiger partial charge in [0.1, 0.15) is 6.04 Å². The minimum absolute atomic E-state index is 0.293. The van der Waals surface area contributed by atoms with Crippen molar-refractivity contribution in [1.29, 1.82) is 0 Å². The normalized spacial score (nSPS) is 12.5. The number of aromatic nitrogens is 2. The fourth-order valence-corrected chi connectivity index (χ4v) is 1.66. The molecule has 0 saturated heterocycles. The van der Waals surface area contributed by atoms with Crippen LogP contribution in [0.25, 0.3) is 0 Å². The van der Waals surface area contributed by atoms with Crippen molar-refractivity contribution in [2.24, 2.45) is 0 Å². The third-order valence-electron chi connectivity index (χ3n) is 2.64. The van der Waals surface area contributed by atoms with Crippen LogP contribution in [0.3, 0.4) is 0 Å². The Labute approximate surface area is 108 Å². The largest absolute Gasteiger partial charge is 0.480 e. The first-order chi connectivity index (χ1) is 8.43. The molecule has 0 aromatic carbocycles. The molecule has 0 aliphatic carbocycles. The second-order valence-electron chi connectivity index (χ2n) is 4.74. The number of rotatable bonds is 6. The Balaban J connectivity index is 2.91. The summed E-state index contributed by atoms with van der Waals surface area (Å²) in [7, 11) is 0. The number of aryl methyl sites for hydroxylation is 1. The maximum atomic E-state index is 11.1. The lowest BCUT2D eigenvalue weighted by atomic mass is 10.1. The first-order valence-corrected chi connectivity index (χ1v) is 6.29. The van der Waals surface area contributed by atoms with E-state index in [2.05, 4.69) is 15.3 Å². The molecule has 5 nitrogen and oxygen atoms in total. The van der Waals surface area contributed by atoms with E-state index in [0.29, 0.717) is 18.3 Å². The highest BCUT2D eigenvalue weighted by Crippen LogP contribution is 2.15. The third-order valence-corrected chi connectivity index (χ3v) is 2.64. The van der Waals surface area contributed by atoms with Gasteiger partial charge >= 0.3 is 5.97 Å². The van der Waals surface area contributed by atoms with Gasteiger partial charge in [0.2, 0.25) is 5.95 Å². The van der Waals surface area contributed by atoms with Gasteiger partial charge in [0.05, 0.1) is 0 Å². The first kappa shape index (κ1) is 14.4. The zero-order valence-corrected chi connectivity index (χ0v) is 11.4. The van der Waals surface area contributed by atoms with Gasteiger partial charge in [0.15, 0.2) is 0 Å². The van der Waals surface area contributed by atoms with E-state index in [0.717, 1.165) is 17.8 Å². The number of hydrogen-bond donors (Lipinski definition) is 2. The smallest absolute Gasteiger partial charge is 0.326 e. The zero-order chi connectivity index (χ0) is 13.7. The summed E-state index contributed by atoms with van der Waals surface area (Å²) >= 11 is 0. The van der Waals surface area contributed by atoms with Crippen LogP contribution in [0.4, 0.5) is 5.95 Å². The van der Waals surface area contributed by atoms with Crippen molar-refractivity contribution in [2.45, 2.75) is 52.5 Å². The number of nitrogens with zero attached hydrogens (tertiary/aromatic N) is 2. The topological polar surface area (TPSA) is 75.1 Å². The number of carbonyl (C=O) groups is 1. The van der Waals surface area contributed by atoms with E-state index in [1.165, 1.54) is 0 Å². The van der Waals surface area contributed by atoms with Crippen LogP contribution in [0.5, 0.6) is 0 Å². The summed E-state index contributed by atoms with van der Waals surface area (Å²) in [5.41, 5.74) is 1.77. The zero-order valence-electron chi connectivity index (χ0n) is 11.4. The summed E-state index contributed by atoms with van der Waals surface area (Å²) < 4.78 is 0. The molecular formula is C13H21N3O2. The van der Waals surface area contributed by atoms with Gasteiger partial charge in [-0.3, -0.25) is 0 Å². The molecule has 0 bridgehead atoms. The second kappa shape index (κ2) is 6.33. The average Bonchev–Trinajstić information content (AvgIpc) is 2.27. The molecule has 18 heavy (non-hydrogen) atoms. The van der Waals surface area contributed by atoms with Crippen LogP contribution < -0.4 is 5.32 Å². The predicted molar refractivity (Wildman–Crippen MR) is 70.8 cm³/mol. The average molecular weight is 251 g/mol. The highest BCUT2D eigenvalue weighted by molar-refractivity contribution is 5.76. The van der Waals surface area contributed by atoms with E-state index in [1.54, 1.807) is 0 Å². The Morgan fingerprint density at radius 1 is 1.44 bits per heavy atom. The highest BCUT2D eigenvalue weighted by atomic mass is 16.4. The Morgan fingerprint density at radius 2 is 2.11 bits per heavy atom. The fourth-order valence-electron chi connectivity index (χ4n) is 1.66. The van der Waals surface area contributed by atoms with Crippen molar-refractivity contribution in [2.75, 3.05) is 5.32 Å². The minimum Gasteiger partial charge on any atom is -0.480 e. The van der Waals surface area contributed by atoms with Gasteiger partial charge < -0.3 is 10.4 Å². The fraction of sp³-hybridized carbons (Fsp3) is 0.615. The Hall–Kier alpha value is -1.65. The maximum Gasteiger partial charge on any atom is 0.326 e. The lowest BCUT2D eigenvalue weighted by Crippen LogP contribution is -2.30. The summed E-state index contributed by atoms with van der Waals surface area (Å²) in [5.74, 6) is -0.172. The summed E-state index contributed by atoms with van der Waals surface area (Å²) in [6.45, 7) is 7.93. The number of aliphatic carboxylic acids is 1. The van der Waals surface area contributed by atoms with Gasteiger partial charge in [-0.1, -0.05) is 27.2 Å². The molecule has 0 aliphatic rings. The van der Waals surface area contributed by atoms with Gasteiger partial charge in [0.25, 0.3) is 0 Å². The maximum absolute atomic E-state index is 11.1. The molecule has 0 fully saturated rings. The molecule has 0 saturated carbocycles. The van der Waals surface area contributed by atoms with Crippen LogP contribution >= 0.6 is 0 Å². The monoisotopic (exact) mass is 251 g/mol. The molecule has 1 rings (SSSR count). The van der Waals surface area contributed by atoms with Gasteiger partial charge in [0, 0.05) is 11.4 Å². The number of hydrogen-bond acceptors (Lipinski definition) is 4. The SMILES string of the molecule is CCCC(Nc1nc(C)cc(C(C)C)n1)C(=O)O. The number of anilines is 1. The van der Waals surface area contributed by atoms with Crippen molar-refractivity contribution < 1.29 is 9.90 Å². The van der Waals surface area contributed by atoms with Crippen molar-refractivity contribution in [3.05, 3.63) is 17.5 Å². The standard InChI is InChI=1S/C13H21N3O2/c1-5-6-10(12(17)18)15-13-14-9(4)7-11(16-13)8(2)3/h7-8,10H,5-6H2,1-4H3,(H,17,18)(H,14,15,16). The Bertz CT molecular complexity index is 419. The van der Waals surface area contributed by atoms with E-state index in [-0.39, 0.29) is 0 Å². The first-order valence-electron chi connectivity index (χ1n) is 6.29. The molecule has 0 amide bonds. The van der Waals surface area contributed by atoms with E-state index in [1.807, 2.05) is 33.8 Å². The van der Waals surface area contributed by atoms with Crippen LogP contribution in [-0.4, -0.2) is 27.1 Å². The van der Waals surface area contributed by atoms with Crippen molar-refractivity contribution in [3.63, 3.8) is 0 Å². The van der Waals surface area contributed by atoms with Crippen molar-refractivity contribution in [1.82, 2.24) is 9.97 Å². The lowest BCUT2D eigenvalue weighted by molar-refractivity contribution is -0.138. The molecule has 1 aromatic rings. The van der Waals surface area contributed by atoms with E-state index in [4.69, 9.17) is 5.11 Å². The van der Waals surface area contributed by atoms with E-state index < -0.39 is 12.0 Å². The molecule has 0 spiro atoms. The number of nitrogens with one attached hydrogen (secondary N) is 1. The molecule has 100 valence electrons. The molecule has 5 heteroatoms. The summed E-state index contributed by atoms with van der Waals surface area (Å²) in [5, 5.41) is 12.0. The Kier molecular flexibility index (Phi) is 5.07. The van der Waals surface area contributed by atoms with Gasteiger partial charge in [-0.25, -0.2) is 14.8 Å². The second-order valence-corrected chi connectivity index (χ2v) is 4.74. The van der Waals surface area contributed by atoms with Gasteiger partial charge in [-0.2, -0.15) is 0 Å².